The molecule has 0 aliphatic rings. The minimum atomic E-state index is 0.0749. The predicted octanol–water partition coefficient (Wildman–Crippen LogP) is 9.98. The maximum atomic E-state index is 4.10. The van der Waals surface area contributed by atoms with E-state index in [0.29, 0.717) is 5.92 Å². The fourth-order valence-corrected chi connectivity index (χ4v) is 5.09. The summed E-state index contributed by atoms with van der Waals surface area (Å²) in [6.07, 6.45) is 1.09. The van der Waals surface area contributed by atoms with Crippen molar-refractivity contribution in [3.8, 4) is 11.1 Å². The first kappa shape index (κ1) is 26.0. The van der Waals surface area contributed by atoms with Crippen LogP contribution in [0.3, 0.4) is 0 Å². The smallest absolute Gasteiger partial charge is 0.00143 e. The maximum Gasteiger partial charge on any atom is 0.00143 e. The first-order valence-corrected chi connectivity index (χ1v) is 12.7. The molecule has 0 spiro atoms. The van der Waals surface area contributed by atoms with Crippen molar-refractivity contribution in [2.45, 2.75) is 90.9 Å². The highest BCUT2D eigenvalue weighted by Gasteiger charge is 2.31. The third kappa shape index (κ3) is 5.90. The molecule has 0 radical (unpaired) electrons. The minimum Gasteiger partial charge on any atom is -0.0995 e. The van der Waals surface area contributed by atoms with Gasteiger partial charge in [0.05, 0.1) is 0 Å². The second-order valence-corrected chi connectivity index (χ2v) is 12.5. The number of hydrogen-bond donors (Lipinski definition) is 0. The Morgan fingerprint density at radius 3 is 1.35 bits per heavy atom. The lowest BCUT2D eigenvalue weighted by atomic mass is 9.68. The fraction of sp³-hybridized carbons (Fsp3) is 0.412. The number of rotatable bonds is 7. The van der Waals surface area contributed by atoms with Gasteiger partial charge in [-0.25, -0.2) is 0 Å². The van der Waals surface area contributed by atoms with Crippen molar-refractivity contribution in [1.29, 1.82) is 0 Å². The third-order valence-corrected chi connectivity index (χ3v) is 7.57. The number of hydrogen-bond acceptors (Lipinski definition) is 0. The van der Waals surface area contributed by atoms with Crippen LogP contribution in [0.5, 0.6) is 0 Å². The second kappa shape index (κ2) is 9.57. The van der Waals surface area contributed by atoms with Crippen LogP contribution >= 0.6 is 0 Å². The van der Waals surface area contributed by atoms with Crippen molar-refractivity contribution < 1.29 is 0 Å². The highest BCUT2D eigenvalue weighted by Crippen LogP contribution is 2.40. The van der Waals surface area contributed by atoms with E-state index in [-0.39, 0.29) is 16.2 Å². The Morgan fingerprint density at radius 2 is 0.971 bits per heavy atom. The van der Waals surface area contributed by atoms with Crippen LogP contribution in [0, 0.1) is 0 Å². The average molecular weight is 453 g/mol. The van der Waals surface area contributed by atoms with Gasteiger partial charge >= 0.3 is 0 Å². The van der Waals surface area contributed by atoms with Crippen LogP contribution in [0.2, 0.25) is 0 Å². The van der Waals surface area contributed by atoms with Crippen molar-refractivity contribution in [3.05, 3.63) is 107 Å². The van der Waals surface area contributed by atoms with E-state index in [2.05, 4.69) is 142 Å². The molecule has 1 unspecified atom stereocenters. The Balaban J connectivity index is 1.77. The molecule has 0 nitrogen and oxygen atoms in total. The van der Waals surface area contributed by atoms with Crippen LogP contribution < -0.4 is 0 Å². The van der Waals surface area contributed by atoms with Crippen molar-refractivity contribution in [2.24, 2.45) is 0 Å². The molecule has 0 fully saturated rings. The summed E-state index contributed by atoms with van der Waals surface area (Å²) in [6, 6.07) is 27.4. The average Bonchev–Trinajstić information content (AvgIpc) is 2.77. The SMILES string of the molecule is C=C(C)C(C)c1ccc(-c2ccc(C(C)(C)CC(C)(C)c3ccc(C(C)(C)C)cc3)cc2)cc1. The summed E-state index contributed by atoms with van der Waals surface area (Å²) >= 11 is 0. The maximum absolute atomic E-state index is 4.10. The van der Waals surface area contributed by atoms with Crippen LogP contribution in [0.25, 0.3) is 11.1 Å². The molecule has 3 rings (SSSR count). The molecule has 0 heterocycles. The molecular weight excluding hydrogens is 408 g/mol. The summed E-state index contributed by atoms with van der Waals surface area (Å²) in [5.41, 5.74) is 9.61. The molecule has 3 aromatic carbocycles. The molecule has 0 aliphatic heterocycles. The molecule has 0 N–H and O–H groups in total. The Labute approximate surface area is 209 Å². The summed E-state index contributed by atoms with van der Waals surface area (Å²) in [7, 11) is 0. The standard InChI is InChI=1S/C34H44/c1-24(2)25(3)26-11-13-27(14-12-26)28-15-17-30(18-16-28)33(7,8)23-34(9,10)31-21-19-29(20-22-31)32(4,5)6/h11-22,25H,1,23H2,2-10H3. The van der Waals surface area contributed by atoms with Gasteiger partial charge in [-0.2, -0.15) is 0 Å². The van der Waals surface area contributed by atoms with Crippen LogP contribution in [0.15, 0.2) is 84.9 Å². The Kier molecular flexibility index (Phi) is 7.32. The molecule has 0 amide bonds. The molecule has 3 aromatic rings. The highest BCUT2D eigenvalue weighted by atomic mass is 14.4. The van der Waals surface area contributed by atoms with Gasteiger partial charge in [0.1, 0.15) is 0 Å². The molecular formula is C34H44. The van der Waals surface area contributed by atoms with Crippen molar-refractivity contribution in [2.75, 3.05) is 0 Å². The molecule has 180 valence electrons. The first-order chi connectivity index (χ1) is 15.7. The lowest BCUT2D eigenvalue weighted by Gasteiger charge is -2.36. The Hall–Kier alpha value is -2.60. The van der Waals surface area contributed by atoms with E-state index in [1.54, 1.807) is 0 Å². The van der Waals surface area contributed by atoms with E-state index in [9.17, 15) is 0 Å². The normalized spacial score (nSPS) is 13.6. The monoisotopic (exact) mass is 452 g/mol. The van der Waals surface area contributed by atoms with Crippen LogP contribution in [0.4, 0.5) is 0 Å². The quantitative estimate of drug-likeness (QED) is 0.313. The topological polar surface area (TPSA) is 0 Å². The molecule has 0 saturated carbocycles. The molecule has 1 atom stereocenters. The zero-order valence-corrected chi connectivity index (χ0v) is 22.9. The summed E-state index contributed by atoms with van der Waals surface area (Å²) in [6.45, 7) is 24.7. The fourth-order valence-electron chi connectivity index (χ4n) is 5.09. The Morgan fingerprint density at radius 1 is 0.618 bits per heavy atom. The summed E-state index contributed by atoms with van der Waals surface area (Å²) in [5, 5.41) is 0. The highest BCUT2D eigenvalue weighted by molar-refractivity contribution is 5.64. The van der Waals surface area contributed by atoms with E-state index in [1.807, 2.05) is 0 Å². The molecule has 34 heavy (non-hydrogen) atoms. The van der Waals surface area contributed by atoms with E-state index >= 15 is 0 Å². The van der Waals surface area contributed by atoms with Gasteiger partial charge in [0.2, 0.25) is 0 Å². The lowest BCUT2D eigenvalue weighted by molar-refractivity contribution is 0.348. The molecule has 0 saturated heterocycles. The minimum absolute atomic E-state index is 0.0749. The zero-order valence-electron chi connectivity index (χ0n) is 22.9. The Bertz CT molecular complexity index is 1100. The van der Waals surface area contributed by atoms with Gasteiger partial charge < -0.3 is 0 Å². The van der Waals surface area contributed by atoms with E-state index in [0.717, 1.165) is 6.42 Å². The van der Waals surface area contributed by atoms with Crippen LogP contribution in [-0.2, 0) is 16.2 Å². The van der Waals surface area contributed by atoms with Gasteiger partial charge in [0.15, 0.2) is 0 Å². The molecule has 0 heteroatoms. The van der Waals surface area contributed by atoms with Gasteiger partial charge in [-0.1, -0.05) is 140 Å². The van der Waals surface area contributed by atoms with Gasteiger partial charge in [-0.15, -0.1) is 0 Å². The first-order valence-electron chi connectivity index (χ1n) is 12.7. The number of benzene rings is 3. The number of allylic oxidation sites excluding steroid dienone is 1. The van der Waals surface area contributed by atoms with Gasteiger partial charge in [-0.3, -0.25) is 0 Å². The van der Waals surface area contributed by atoms with Gasteiger partial charge in [-0.05, 0) is 63.0 Å². The predicted molar refractivity (Wildman–Crippen MR) is 151 cm³/mol. The van der Waals surface area contributed by atoms with Crippen molar-refractivity contribution >= 4 is 0 Å². The molecule has 0 bridgehead atoms. The van der Waals surface area contributed by atoms with Crippen molar-refractivity contribution in [1.82, 2.24) is 0 Å². The van der Waals surface area contributed by atoms with Gasteiger partial charge in [0.25, 0.3) is 0 Å². The zero-order chi connectivity index (χ0) is 25.3. The van der Waals surface area contributed by atoms with Gasteiger partial charge in [0, 0.05) is 5.92 Å². The van der Waals surface area contributed by atoms with E-state index < -0.39 is 0 Å². The largest absolute Gasteiger partial charge is 0.0995 e. The molecule has 0 aromatic heterocycles. The lowest BCUT2D eigenvalue weighted by Crippen LogP contribution is -2.30. The summed E-state index contributed by atoms with van der Waals surface area (Å²) < 4.78 is 0. The van der Waals surface area contributed by atoms with Crippen molar-refractivity contribution in [3.63, 3.8) is 0 Å². The van der Waals surface area contributed by atoms with Crippen LogP contribution in [0.1, 0.15) is 96.9 Å². The van der Waals surface area contributed by atoms with E-state index in [1.165, 1.54) is 39.0 Å². The van der Waals surface area contributed by atoms with Crippen LogP contribution in [-0.4, -0.2) is 0 Å². The summed E-state index contributed by atoms with van der Waals surface area (Å²) in [5.74, 6) is 0.394. The summed E-state index contributed by atoms with van der Waals surface area (Å²) in [4.78, 5) is 0. The third-order valence-electron chi connectivity index (χ3n) is 7.57. The molecule has 0 aliphatic carbocycles. The van der Waals surface area contributed by atoms with E-state index in [4.69, 9.17) is 0 Å². The second-order valence-electron chi connectivity index (χ2n) is 12.5.